The Balaban J connectivity index is 1.11. The molecule has 2 N–H and O–H groups in total. The van der Waals surface area contributed by atoms with Crippen molar-refractivity contribution in [3.8, 4) is 5.75 Å². The number of sulfonamides is 1. The second-order valence-corrected chi connectivity index (χ2v) is 12.2. The number of piperazine rings is 1. The minimum atomic E-state index is -3.92. The third kappa shape index (κ3) is 6.30. The Bertz CT molecular complexity index is 1620. The number of hydrogen-bond donors (Lipinski definition) is 2. The highest BCUT2D eigenvalue weighted by atomic mass is 35.5. The molecule has 1 saturated heterocycles. The number of anilines is 2. The Labute approximate surface area is 240 Å². The summed E-state index contributed by atoms with van der Waals surface area (Å²) >= 11 is 7.85. The molecule has 1 aliphatic rings. The number of rotatable bonds is 9. The number of ether oxygens (including phenoxy) is 1. The van der Waals surface area contributed by atoms with Crippen molar-refractivity contribution in [3.63, 3.8) is 0 Å². The lowest BCUT2D eigenvalue weighted by Gasteiger charge is -2.34. The molecule has 1 aromatic heterocycles. The van der Waals surface area contributed by atoms with Gasteiger partial charge in [-0.2, -0.15) is 0 Å². The summed E-state index contributed by atoms with van der Waals surface area (Å²) in [5.74, 6) is -0.241. The Morgan fingerprint density at radius 1 is 1.10 bits per heavy atom. The minimum absolute atomic E-state index is 0.0730. The molecule has 0 unspecified atom stereocenters. The largest absolute Gasteiger partial charge is 0.493 e. The van der Waals surface area contributed by atoms with Gasteiger partial charge in [0.2, 0.25) is 0 Å². The number of nitrogens with zero attached hydrogens (tertiary/aromatic N) is 3. The monoisotopic (exact) mass is 603 g/mol. The lowest BCUT2D eigenvalue weighted by molar-refractivity contribution is 0.0947. The van der Waals surface area contributed by atoms with E-state index in [0.717, 1.165) is 53.7 Å². The maximum Gasteiger partial charge on any atom is 0.261 e. The van der Waals surface area contributed by atoms with Crippen LogP contribution in [0.1, 0.15) is 10.4 Å². The van der Waals surface area contributed by atoms with Crippen molar-refractivity contribution >= 4 is 59.9 Å². The molecule has 2 heterocycles. The van der Waals surface area contributed by atoms with Crippen LogP contribution in [0.15, 0.2) is 65.6 Å². The summed E-state index contributed by atoms with van der Waals surface area (Å²) in [4.78, 5) is 21.9. The second kappa shape index (κ2) is 12.0. The van der Waals surface area contributed by atoms with Gasteiger partial charge in [-0.1, -0.05) is 29.0 Å². The van der Waals surface area contributed by atoms with Crippen LogP contribution in [-0.2, 0) is 10.0 Å². The van der Waals surface area contributed by atoms with E-state index in [1.807, 2.05) is 12.1 Å². The van der Waals surface area contributed by atoms with Crippen molar-refractivity contribution in [1.29, 1.82) is 0 Å². The number of thiazole rings is 1. The van der Waals surface area contributed by atoms with Crippen LogP contribution in [0.4, 0.5) is 15.2 Å². The van der Waals surface area contributed by atoms with Gasteiger partial charge < -0.3 is 15.0 Å². The van der Waals surface area contributed by atoms with E-state index in [2.05, 4.69) is 19.8 Å². The number of amides is 1. The van der Waals surface area contributed by atoms with Crippen molar-refractivity contribution in [2.45, 2.75) is 4.90 Å². The molecule has 1 aliphatic heterocycles. The van der Waals surface area contributed by atoms with E-state index in [-0.39, 0.29) is 16.5 Å². The van der Waals surface area contributed by atoms with Crippen molar-refractivity contribution in [2.24, 2.45) is 0 Å². The highest BCUT2D eigenvalue weighted by Gasteiger charge is 2.22. The van der Waals surface area contributed by atoms with E-state index in [0.29, 0.717) is 29.4 Å². The average molecular weight is 604 g/mol. The van der Waals surface area contributed by atoms with Crippen molar-refractivity contribution in [1.82, 2.24) is 15.2 Å². The highest BCUT2D eigenvalue weighted by Crippen LogP contribution is 2.38. The van der Waals surface area contributed by atoms with Crippen LogP contribution in [-0.4, -0.2) is 70.6 Å². The Hall–Kier alpha value is -3.45. The highest BCUT2D eigenvalue weighted by molar-refractivity contribution is 7.92. The summed E-state index contributed by atoms with van der Waals surface area (Å²) in [6, 6.07) is 14.5. The number of benzene rings is 3. The van der Waals surface area contributed by atoms with Crippen molar-refractivity contribution in [3.05, 3.63) is 77.1 Å². The van der Waals surface area contributed by atoms with E-state index in [9.17, 15) is 17.6 Å². The van der Waals surface area contributed by atoms with Crippen LogP contribution in [0.5, 0.6) is 5.75 Å². The topological polar surface area (TPSA) is 104 Å². The molecular weight excluding hydrogens is 577 g/mol. The molecule has 210 valence electrons. The molecule has 9 nitrogen and oxygen atoms in total. The fourth-order valence-electron chi connectivity index (χ4n) is 4.41. The van der Waals surface area contributed by atoms with Crippen LogP contribution in [0.2, 0.25) is 5.02 Å². The molecule has 13 heteroatoms. The van der Waals surface area contributed by atoms with Crippen LogP contribution >= 0.6 is 22.9 Å². The van der Waals surface area contributed by atoms with Gasteiger partial charge in [0, 0.05) is 50.5 Å². The van der Waals surface area contributed by atoms with E-state index in [4.69, 9.17) is 21.3 Å². The second-order valence-electron chi connectivity index (χ2n) is 9.15. The SMILES string of the molecule is COc1c(Cl)ccc2sc(N3CCN(CCNC(=O)c4cccc(NS(=O)(=O)c5ccc(F)cc5)c4)CC3)nc12. The zero-order valence-corrected chi connectivity index (χ0v) is 24.0. The molecule has 0 aliphatic carbocycles. The van der Waals surface area contributed by atoms with E-state index in [1.54, 1.807) is 36.6 Å². The maximum absolute atomic E-state index is 13.1. The normalized spacial score (nSPS) is 14.3. The molecule has 3 aromatic carbocycles. The first-order chi connectivity index (χ1) is 19.2. The molecule has 0 radical (unpaired) electrons. The molecular formula is C27H27ClFN5O4S2. The zero-order valence-electron chi connectivity index (χ0n) is 21.6. The molecule has 0 atom stereocenters. The first kappa shape index (κ1) is 28.1. The molecule has 1 amide bonds. The molecule has 0 spiro atoms. The van der Waals surface area contributed by atoms with Crippen LogP contribution in [0.25, 0.3) is 10.2 Å². The predicted octanol–water partition coefficient (Wildman–Crippen LogP) is 4.45. The third-order valence-electron chi connectivity index (χ3n) is 6.52. The fraction of sp³-hybridized carbons (Fsp3) is 0.259. The van der Waals surface area contributed by atoms with Crippen molar-refractivity contribution in [2.75, 3.05) is 56.0 Å². The molecule has 5 rings (SSSR count). The van der Waals surface area contributed by atoms with Crippen LogP contribution in [0, 0.1) is 5.82 Å². The molecule has 0 bridgehead atoms. The quantitative estimate of drug-likeness (QED) is 0.291. The standard InChI is InChI=1S/C27H27ClFN5O4S2/c1-38-25-22(28)9-10-23-24(25)31-27(39-23)34-15-13-33(14-16-34)12-11-30-26(35)18-3-2-4-20(17-18)32-40(36,37)21-7-5-19(29)6-8-21/h2-10,17,32H,11-16H2,1H3,(H,30,35). The van der Waals surface area contributed by atoms with Gasteiger partial charge in [-0.15, -0.1) is 0 Å². The molecule has 4 aromatic rings. The molecule has 0 saturated carbocycles. The number of methoxy groups -OCH3 is 1. The van der Waals surface area contributed by atoms with Crippen LogP contribution < -0.4 is 19.7 Å². The van der Waals surface area contributed by atoms with Gasteiger partial charge in [0.1, 0.15) is 11.3 Å². The Kier molecular flexibility index (Phi) is 8.40. The van der Waals surface area contributed by atoms with Gasteiger partial charge in [0.05, 0.1) is 21.7 Å². The summed E-state index contributed by atoms with van der Waals surface area (Å²) in [6.45, 7) is 4.38. The molecule has 40 heavy (non-hydrogen) atoms. The molecule has 1 fully saturated rings. The summed E-state index contributed by atoms with van der Waals surface area (Å²) in [7, 11) is -2.33. The first-order valence-electron chi connectivity index (χ1n) is 12.5. The number of carbonyl (C=O) groups excluding carboxylic acids is 1. The van der Waals surface area contributed by atoms with Gasteiger partial charge in [0.15, 0.2) is 10.9 Å². The number of hydrogen-bond acceptors (Lipinski definition) is 8. The number of fused-ring (bicyclic) bond motifs is 1. The van der Waals surface area contributed by atoms with Gasteiger partial charge in [-0.05, 0) is 54.6 Å². The van der Waals surface area contributed by atoms with Gasteiger partial charge in [-0.25, -0.2) is 17.8 Å². The van der Waals surface area contributed by atoms with E-state index >= 15 is 0 Å². The lowest BCUT2D eigenvalue weighted by Crippen LogP contribution is -2.48. The smallest absolute Gasteiger partial charge is 0.261 e. The average Bonchev–Trinajstić information content (AvgIpc) is 3.38. The van der Waals surface area contributed by atoms with Crippen LogP contribution in [0.3, 0.4) is 0 Å². The van der Waals surface area contributed by atoms with E-state index in [1.165, 1.54) is 18.2 Å². The number of carbonyl (C=O) groups is 1. The minimum Gasteiger partial charge on any atom is -0.493 e. The van der Waals surface area contributed by atoms with Gasteiger partial charge >= 0.3 is 0 Å². The van der Waals surface area contributed by atoms with Gasteiger partial charge in [0.25, 0.3) is 15.9 Å². The Morgan fingerprint density at radius 3 is 2.58 bits per heavy atom. The summed E-state index contributed by atoms with van der Waals surface area (Å²) in [5.41, 5.74) is 1.34. The number of halogens is 2. The van der Waals surface area contributed by atoms with E-state index < -0.39 is 15.8 Å². The third-order valence-corrected chi connectivity index (χ3v) is 9.29. The predicted molar refractivity (Wildman–Crippen MR) is 156 cm³/mol. The zero-order chi connectivity index (χ0) is 28.3. The van der Waals surface area contributed by atoms with Gasteiger partial charge in [-0.3, -0.25) is 14.4 Å². The number of aromatic nitrogens is 1. The first-order valence-corrected chi connectivity index (χ1v) is 15.2. The summed E-state index contributed by atoms with van der Waals surface area (Å²) < 4.78 is 47.2. The fourth-order valence-corrected chi connectivity index (χ4v) is 6.70. The maximum atomic E-state index is 13.1. The van der Waals surface area contributed by atoms with Crippen molar-refractivity contribution < 1.29 is 22.3 Å². The lowest BCUT2D eigenvalue weighted by atomic mass is 10.2. The Morgan fingerprint density at radius 2 is 1.85 bits per heavy atom. The summed E-state index contributed by atoms with van der Waals surface area (Å²) in [5, 5.41) is 4.37. The summed E-state index contributed by atoms with van der Waals surface area (Å²) in [6.07, 6.45) is 0. The number of nitrogens with one attached hydrogen (secondary N) is 2.